The Labute approximate surface area is 85.5 Å². The molecule has 1 heterocycles. The number of nitrogens with two attached hydrogens (primary N) is 1. The highest BCUT2D eigenvalue weighted by Crippen LogP contribution is 2.18. The van der Waals surface area contributed by atoms with Crippen molar-refractivity contribution >= 4 is 11.1 Å². The third kappa shape index (κ3) is 1.79. The van der Waals surface area contributed by atoms with Crippen LogP contribution in [0.1, 0.15) is 11.5 Å². The second-order valence-electron chi connectivity index (χ2n) is 3.39. The molecule has 80 valence electrons. The Balaban J connectivity index is 2.49. The number of aromatic nitrogens is 1. The van der Waals surface area contributed by atoms with E-state index in [1.54, 1.807) is 18.2 Å². The molecule has 5 heteroatoms. The second-order valence-corrected chi connectivity index (χ2v) is 3.39. The van der Waals surface area contributed by atoms with E-state index in [4.69, 9.17) is 15.3 Å². The average Bonchev–Trinajstić information content (AvgIpc) is 2.59. The number of oxazole rings is 1. The number of nitrogens with one attached hydrogen (secondary N) is 1. The molecule has 0 amide bonds. The first-order valence-electron chi connectivity index (χ1n) is 4.68. The summed E-state index contributed by atoms with van der Waals surface area (Å²) in [6, 6.07) is 5.27. The van der Waals surface area contributed by atoms with E-state index >= 15 is 0 Å². The monoisotopic (exact) mass is 208 g/mol. The van der Waals surface area contributed by atoms with Crippen molar-refractivity contribution in [1.82, 2.24) is 4.98 Å². The van der Waals surface area contributed by atoms with Crippen LogP contribution in [0.25, 0.3) is 11.1 Å². The molecule has 1 aromatic heterocycles. The van der Waals surface area contributed by atoms with Gasteiger partial charge in [-0.2, -0.15) is 0 Å². The first kappa shape index (κ1) is 9.95. The number of fused-ring (bicyclic) bond motifs is 1. The summed E-state index contributed by atoms with van der Waals surface area (Å²) in [7, 11) is 0. The summed E-state index contributed by atoms with van der Waals surface area (Å²) in [5.74, 6) is -0.580. The number of hydrogen-bond donors (Lipinski definition) is 3. The molecular weight excluding hydrogens is 196 g/mol. The van der Waals surface area contributed by atoms with Crippen molar-refractivity contribution in [3.8, 4) is 0 Å². The van der Waals surface area contributed by atoms with Crippen LogP contribution in [0.2, 0.25) is 0 Å². The van der Waals surface area contributed by atoms with Gasteiger partial charge in [0.2, 0.25) is 0 Å². The quantitative estimate of drug-likeness (QED) is 0.669. The lowest BCUT2D eigenvalue weighted by atomic mass is 10.00. The van der Waals surface area contributed by atoms with Crippen molar-refractivity contribution < 1.29 is 9.52 Å². The number of aliphatic hydroxyl groups is 1. The predicted molar refractivity (Wildman–Crippen MR) is 55.7 cm³/mol. The molecule has 0 aliphatic carbocycles. The molecule has 0 aliphatic rings. The number of benzene rings is 1. The van der Waals surface area contributed by atoms with E-state index in [2.05, 4.69) is 4.98 Å². The molecule has 0 fully saturated rings. The lowest BCUT2D eigenvalue weighted by Crippen LogP contribution is -2.15. The molecule has 0 radical (unpaired) electrons. The van der Waals surface area contributed by atoms with Gasteiger partial charge in [-0.1, -0.05) is 6.07 Å². The van der Waals surface area contributed by atoms with E-state index < -0.39 is 5.76 Å². The fourth-order valence-electron chi connectivity index (χ4n) is 1.54. The van der Waals surface area contributed by atoms with Crippen molar-refractivity contribution in [3.05, 3.63) is 34.3 Å². The van der Waals surface area contributed by atoms with Gasteiger partial charge in [-0.05, 0) is 17.7 Å². The Hall–Kier alpha value is -1.59. The Morgan fingerprint density at radius 2 is 2.33 bits per heavy atom. The van der Waals surface area contributed by atoms with E-state index in [9.17, 15) is 4.79 Å². The van der Waals surface area contributed by atoms with Gasteiger partial charge in [0, 0.05) is 12.5 Å². The maximum absolute atomic E-state index is 10.9. The molecule has 1 aromatic carbocycles. The Morgan fingerprint density at radius 3 is 3.00 bits per heavy atom. The summed E-state index contributed by atoms with van der Waals surface area (Å²) in [4.78, 5) is 13.5. The first-order valence-corrected chi connectivity index (χ1v) is 4.68. The standard InChI is InChI=1S/C10H12N2O3/c11-4-7(5-13)6-1-2-9-8(3-6)12-10(14)15-9/h1-3,7,13H,4-5,11H2,(H,12,14). The minimum Gasteiger partial charge on any atom is -0.408 e. The van der Waals surface area contributed by atoms with Crippen molar-refractivity contribution in [2.75, 3.05) is 13.2 Å². The van der Waals surface area contributed by atoms with E-state index in [1.807, 2.05) is 0 Å². The summed E-state index contributed by atoms with van der Waals surface area (Å²) in [6.45, 7) is 0.355. The van der Waals surface area contributed by atoms with Gasteiger partial charge >= 0.3 is 5.76 Å². The van der Waals surface area contributed by atoms with Gasteiger partial charge in [-0.25, -0.2) is 4.79 Å². The van der Waals surface area contributed by atoms with E-state index in [0.717, 1.165) is 5.56 Å². The van der Waals surface area contributed by atoms with E-state index in [0.29, 0.717) is 17.6 Å². The largest absolute Gasteiger partial charge is 0.417 e. The van der Waals surface area contributed by atoms with Crippen LogP contribution in [-0.2, 0) is 0 Å². The number of aliphatic hydroxyl groups excluding tert-OH is 1. The zero-order valence-corrected chi connectivity index (χ0v) is 8.06. The Kier molecular flexibility index (Phi) is 2.57. The Morgan fingerprint density at radius 1 is 1.53 bits per heavy atom. The van der Waals surface area contributed by atoms with Gasteiger partial charge in [-0.3, -0.25) is 4.98 Å². The molecule has 5 nitrogen and oxygen atoms in total. The summed E-state index contributed by atoms with van der Waals surface area (Å²) in [6.07, 6.45) is 0. The van der Waals surface area contributed by atoms with Gasteiger partial charge in [-0.15, -0.1) is 0 Å². The molecule has 15 heavy (non-hydrogen) atoms. The molecule has 0 spiro atoms. The molecule has 0 bridgehead atoms. The second kappa shape index (κ2) is 3.88. The third-order valence-electron chi connectivity index (χ3n) is 2.42. The summed E-state index contributed by atoms with van der Waals surface area (Å²) in [5, 5.41) is 9.08. The van der Waals surface area contributed by atoms with E-state index in [1.165, 1.54) is 0 Å². The molecule has 0 saturated carbocycles. The van der Waals surface area contributed by atoms with Crippen LogP contribution in [0.3, 0.4) is 0 Å². The number of rotatable bonds is 3. The SMILES string of the molecule is NCC(CO)c1ccc2oc(=O)[nH]c2c1. The zero-order chi connectivity index (χ0) is 10.8. The van der Waals surface area contributed by atoms with Crippen molar-refractivity contribution in [2.45, 2.75) is 5.92 Å². The van der Waals surface area contributed by atoms with Crippen LogP contribution >= 0.6 is 0 Å². The van der Waals surface area contributed by atoms with Crippen molar-refractivity contribution in [3.63, 3.8) is 0 Å². The highest BCUT2D eigenvalue weighted by molar-refractivity contribution is 5.72. The summed E-state index contributed by atoms with van der Waals surface area (Å²) < 4.78 is 4.87. The molecule has 2 rings (SSSR count). The molecule has 0 aliphatic heterocycles. The van der Waals surface area contributed by atoms with Crippen molar-refractivity contribution in [2.24, 2.45) is 5.73 Å². The molecule has 1 atom stereocenters. The van der Waals surface area contributed by atoms with Crippen LogP contribution in [0.15, 0.2) is 27.4 Å². The fourth-order valence-corrected chi connectivity index (χ4v) is 1.54. The lowest BCUT2D eigenvalue weighted by Gasteiger charge is -2.10. The predicted octanol–water partition coefficient (Wildman–Crippen LogP) is 0.156. The van der Waals surface area contributed by atoms with Gasteiger partial charge in [0.05, 0.1) is 12.1 Å². The lowest BCUT2D eigenvalue weighted by molar-refractivity contribution is 0.268. The van der Waals surface area contributed by atoms with Gasteiger partial charge in [0.25, 0.3) is 0 Å². The minimum atomic E-state index is -0.476. The van der Waals surface area contributed by atoms with Gasteiger partial charge in [0.1, 0.15) is 0 Å². The zero-order valence-electron chi connectivity index (χ0n) is 8.06. The maximum Gasteiger partial charge on any atom is 0.417 e. The van der Waals surface area contributed by atoms with Crippen LogP contribution in [-0.4, -0.2) is 23.2 Å². The van der Waals surface area contributed by atoms with Crippen LogP contribution < -0.4 is 11.5 Å². The molecular formula is C10H12N2O3. The number of H-pyrrole nitrogens is 1. The van der Waals surface area contributed by atoms with E-state index in [-0.39, 0.29) is 12.5 Å². The summed E-state index contributed by atoms with van der Waals surface area (Å²) >= 11 is 0. The minimum absolute atomic E-state index is 0.00983. The highest BCUT2D eigenvalue weighted by atomic mass is 16.4. The van der Waals surface area contributed by atoms with Crippen LogP contribution in [0.4, 0.5) is 0 Å². The third-order valence-corrected chi connectivity index (χ3v) is 2.42. The highest BCUT2D eigenvalue weighted by Gasteiger charge is 2.10. The average molecular weight is 208 g/mol. The van der Waals surface area contributed by atoms with Crippen LogP contribution in [0, 0.1) is 0 Å². The van der Waals surface area contributed by atoms with Crippen molar-refractivity contribution in [1.29, 1.82) is 0 Å². The number of hydrogen-bond acceptors (Lipinski definition) is 4. The molecule has 4 N–H and O–H groups in total. The number of aromatic amines is 1. The molecule has 0 saturated heterocycles. The molecule has 2 aromatic rings. The fraction of sp³-hybridized carbons (Fsp3) is 0.300. The first-order chi connectivity index (χ1) is 7.24. The van der Waals surface area contributed by atoms with Gasteiger partial charge < -0.3 is 15.3 Å². The molecule has 1 unspecified atom stereocenters. The smallest absolute Gasteiger partial charge is 0.408 e. The van der Waals surface area contributed by atoms with Crippen LogP contribution in [0.5, 0.6) is 0 Å². The normalized spacial score (nSPS) is 13.2. The summed E-state index contributed by atoms with van der Waals surface area (Å²) in [5.41, 5.74) is 7.54. The Bertz CT molecular complexity index is 511. The van der Waals surface area contributed by atoms with Gasteiger partial charge in [0.15, 0.2) is 5.58 Å². The topological polar surface area (TPSA) is 92.2 Å². The maximum atomic E-state index is 10.9.